The van der Waals surface area contributed by atoms with E-state index in [2.05, 4.69) is 22.5 Å². The molecule has 0 unspecified atom stereocenters. The molecule has 1 rings (SSSR count). The van der Waals surface area contributed by atoms with Crippen molar-refractivity contribution in [1.29, 1.82) is 0 Å². The van der Waals surface area contributed by atoms with Crippen molar-refractivity contribution in [3.8, 4) is 0 Å². The van der Waals surface area contributed by atoms with Gasteiger partial charge in [-0.2, -0.15) is 0 Å². The number of hydrogen-bond donors (Lipinski definition) is 0. The van der Waals surface area contributed by atoms with Crippen LogP contribution in [0.25, 0.3) is 0 Å². The fourth-order valence-corrected chi connectivity index (χ4v) is 1.32. The zero-order chi connectivity index (χ0) is 9.84. The molecule has 0 saturated carbocycles. The summed E-state index contributed by atoms with van der Waals surface area (Å²) in [6.07, 6.45) is 1.41. The molecule has 0 nitrogen and oxygen atoms in total. The van der Waals surface area contributed by atoms with Gasteiger partial charge in [0.05, 0.1) is 4.47 Å². The predicted octanol–water partition coefficient (Wildman–Crippen LogP) is 4.27. The van der Waals surface area contributed by atoms with Crippen LogP contribution in [-0.2, 0) is 6.42 Å². The summed E-state index contributed by atoms with van der Waals surface area (Å²) in [5, 5.41) is 0.600. The molecule has 0 atom stereocenters. The number of hydrogen-bond acceptors (Lipinski definition) is 0. The smallest absolute Gasteiger partial charge is 0.137 e. The van der Waals surface area contributed by atoms with Gasteiger partial charge in [0.25, 0.3) is 0 Å². The molecule has 0 fully saturated rings. The second kappa shape index (κ2) is 4.77. The van der Waals surface area contributed by atoms with Gasteiger partial charge in [-0.15, -0.1) is 0 Å². The number of allylic oxidation sites excluding steroid dienone is 1. The third-order valence-corrected chi connectivity index (χ3v) is 2.50. The molecule has 0 bridgehead atoms. The Labute approximate surface area is 90.5 Å². The molecule has 0 aromatic heterocycles. The van der Waals surface area contributed by atoms with Gasteiger partial charge < -0.3 is 0 Å². The monoisotopic (exact) mass is 262 g/mol. The molecule has 0 aliphatic carbocycles. The minimum Gasteiger partial charge on any atom is -0.206 e. The first kappa shape index (κ1) is 10.7. The fraction of sp³-hybridized carbons (Fsp3) is 0.200. The Bertz CT molecular complexity index is 323. The van der Waals surface area contributed by atoms with Gasteiger partial charge in [0, 0.05) is 5.03 Å². The van der Waals surface area contributed by atoms with E-state index in [0.29, 0.717) is 15.9 Å². The van der Waals surface area contributed by atoms with Crippen LogP contribution in [0.15, 0.2) is 34.3 Å². The van der Waals surface area contributed by atoms with E-state index in [9.17, 15) is 4.39 Å². The van der Waals surface area contributed by atoms with E-state index in [1.54, 1.807) is 6.07 Å². The van der Waals surface area contributed by atoms with Crippen LogP contribution in [0.2, 0.25) is 0 Å². The van der Waals surface area contributed by atoms with Crippen LogP contribution in [-0.4, -0.2) is 0 Å². The third-order valence-electron chi connectivity index (χ3n) is 1.67. The van der Waals surface area contributed by atoms with Crippen molar-refractivity contribution < 1.29 is 4.39 Å². The highest BCUT2D eigenvalue weighted by atomic mass is 79.9. The average molecular weight is 264 g/mol. The van der Waals surface area contributed by atoms with E-state index >= 15 is 0 Å². The topological polar surface area (TPSA) is 0 Å². The number of benzene rings is 1. The Morgan fingerprint density at radius 1 is 1.54 bits per heavy atom. The van der Waals surface area contributed by atoms with Crippen molar-refractivity contribution in [2.24, 2.45) is 0 Å². The van der Waals surface area contributed by atoms with Crippen molar-refractivity contribution in [2.75, 3.05) is 0 Å². The van der Waals surface area contributed by atoms with Gasteiger partial charge in [-0.25, -0.2) is 4.39 Å². The molecule has 1 aromatic rings. The van der Waals surface area contributed by atoms with E-state index in [-0.39, 0.29) is 5.82 Å². The molecule has 0 spiro atoms. The van der Waals surface area contributed by atoms with Crippen molar-refractivity contribution >= 4 is 27.5 Å². The summed E-state index contributed by atoms with van der Waals surface area (Å²) in [4.78, 5) is 0. The SMILES string of the molecule is C=C(Cl)CCc1ccc(Br)c(F)c1. The van der Waals surface area contributed by atoms with E-state index in [0.717, 1.165) is 12.0 Å². The summed E-state index contributed by atoms with van der Waals surface area (Å²) in [6.45, 7) is 3.57. The first-order valence-corrected chi connectivity index (χ1v) is 5.04. The highest BCUT2D eigenvalue weighted by Gasteiger charge is 2.00. The summed E-state index contributed by atoms with van der Waals surface area (Å²) >= 11 is 8.69. The lowest BCUT2D eigenvalue weighted by molar-refractivity contribution is 0.618. The maximum atomic E-state index is 13.0. The molecule has 70 valence electrons. The first-order valence-electron chi connectivity index (χ1n) is 3.87. The average Bonchev–Trinajstić information content (AvgIpc) is 2.07. The summed E-state index contributed by atoms with van der Waals surface area (Å²) in [5.74, 6) is -0.238. The van der Waals surface area contributed by atoms with Gasteiger partial charge in [0.1, 0.15) is 5.82 Å². The Morgan fingerprint density at radius 3 is 2.77 bits per heavy atom. The molecule has 0 amide bonds. The zero-order valence-electron chi connectivity index (χ0n) is 6.99. The number of halogens is 3. The number of rotatable bonds is 3. The molecule has 0 aliphatic heterocycles. The Kier molecular flexibility index (Phi) is 3.94. The van der Waals surface area contributed by atoms with E-state index in [1.807, 2.05) is 6.07 Å². The summed E-state index contributed by atoms with van der Waals surface area (Å²) in [7, 11) is 0. The number of aryl methyl sites for hydroxylation is 1. The Hall–Kier alpha value is -0.340. The maximum absolute atomic E-state index is 13.0. The second-order valence-corrected chi connectivity index (χ2v) is 4.15. The quantitative estimate of drug-likeness (QED) is 0.764. The molecule has 0 N–H and O–H groups in total. The molecule has 0 heterocycles. The minimum absolute atomic E-state index is 0.238. The van der Waals surface area contributed by atoms with Crippen LogP contribution in [0.3, 0.4) is 0 Å². The second-order valence-electron chi connectivity index (χ2n) is 2.77. The molecule has 3 heteroatoms. The zero-order valence-corrected chi connectivity index (χ0v) is 9.33. The van der Waals surface area contributed by atoms with Gasteiger partial charge in [-0.05, 0) is 46.5 Å². The summed E-state index contributed by atoms with van der Waals surface area (Å²) < 4.78 is 13.5. The van der Waals surface area contributed by atoms with Crippen molar-refractivity contribution in [1.82, 2.24) is 0 Å². The third kappa shape index (κ3) is 3.49. The molecular weight excluding hydrogens is 254 g/mol. The van der Waals surface area contributed by atoms with E-state index in [1.165, 1.54) is 6.07 Å². The van der Waals surface area contributed by atoms with Crippen molar-refractivity contribution in [3.63, 3.8) is 0 Å². The van der Waals surface area contributed by atoms with Crippen LogP contribution < -0.4 is 0 Å². The van der Waals surface area contributed by atoms with E-state index < -0.39 is 0 Å². The lowest BCUT2D eigenvalue weighted by Crippen LogP contribution is -1.87. The molecule has 0 saturated heterocycles. The fourth-order valence-electron chi connectivity index (χ4n) is 0.975. The maximum Gasteiger partial charge on any atom is 0.137 e. The van der Waals surface area contributed by atoms with Crippen molar-refractivity contribution in [3.05, 3.63) is 45.7 Å². The minimum atomic E-state index is -0.238. The lowest BCUT2D eigenvalue weighted by Gasteiger charge is -2.01. The normalized spacial score (nSPS) is 10.1. The van der Waals surface area contributed by atoms with Gasteiger partial charge in [-0.3, -0.25) is 0 Å². The van der Waals surface area contributed by atoms with Gasteiger partial charge in [0.2, 0.25) is 0 Å². The molecule has 0 aliphatic rings. The molecule has 0 radical (unpaired) electrons. The standard InChI is InChI=1S/C10H9BrClF/c1-7(12)2-3-8-4-5-9(11)10(13)6-8/h4-6H,1-3H2. The highest BCUT2D eigenvalue weighted by Crippen LogP contribution is 2.18. The first-order chi connectivity index (χ1) is 6.09. The van der Waals surface area contributed by atoms with Crippen LogP contribution in [0.5, 0.6) is 0 Å². The highest BCUT2D eigenvalue weighted by molar-refractivity contribution is 9.10. The van der Waals surface area contributed by atoms with Gasteiger partial charge >= 0.3 is 0 Å². The molecule has 1 aromatic carbocycles. The molecule has 13 heavy (non-hydrogen) atoms. The largest absolute Gasteiger partial charge is 0.206 e. The van der Waals surface area contributed by atoms with Gasteiger partial charge in [0.15, 0.2) is 0 Å². The van der Waals surface area contributed by atoms with Crippen LogP contribution in [0.4, 0.5) is 4.39 Å². The summed E-state index contributed by atoms with van der Waals surface area (Å²) in [6, 6.07) is 5.07. The van der Waals surface area contributed by atoms with E-state index in [4.69, 9.17) is 11.6 Å². The lowest BCUT2D eigenvalue weighted by atomic mass is 10.1. The predicted molar refractivity (Wildman–Crippen MR) is 57.4 cm³/mol. The molecular formula is C10H9BrClF. The van der Waals surface area contributed by atoms with Crippen LogP contribution in [0.1, 0.15) is 12.0 Å². The van der Waals surface area contributed by atoms with Crippen LogP contribution in [0, 0.1) is 5.82 Å². The Morgan fingerprint density at radius 2 is 2.23 bits per heavy atom. The van der Waals surface area contributed by atoms with Crippen molar-refractivity contribution in [2.45, 2.75) is 12.8 Å². The Balaban J connectivity index is 2.68. The summed E-state index contributed by atoms with van der Waals surface area (Å²) in [5.41, 5.74) is 0.933. The van der Waals surface area contributed by atoms with Crippen LogP contribution >= 0.6 is 27.5 Å². The van der Waals surface area contributed by atoms with Gasteiger partial charge in [-0.1, -0.05) is 24.2 Å².